The minimum Gasteiger partial charge on any atom is -0.397 e. The van der Waals surface area contributed by atoms with Crippen LogP contribution in [0.2, 0.25) is 0 Å². The van der Waals surface area contributed by atoms with Crippen molar-refractivity contribution < 1.29 is 13.6 Å². The van der Waals surface area contributed by atoms with Crippen molar-refractivity contribution in [2.75, 3.05) is 42.5 Å². The van der Waals surface area contributed by atoms with Crippen LogP contribution in [0.1, 0.15) is 35.3 Å². The van der Waals surface area contributed by atoms with Crippen molar-refractivity contribution in [1.29, 1.82) is 0 Å². The van der Waals surface area contributed by atoms with Gasteiger partial charge in [0.25, 0.3) is 5.91 Å². The molecule has 1 aliphatic rings. The molecule has 9 heteroatoms. The van der Waals surface area contributed by atoms with Gasteiger partial charge in [-0.1, -0.05) is 24.8 Å². The Bertz CT molecular complexity index is 1230. The molecule has 0 unspecified atom stereocenters. The molecule has 3 aromatic rings. The van der Waals surface area contributed by atoms with Crippen molar-refractivity contribution in [3.05, 3.63) is 96.1 Å². The lowest BCUT2D eigenvalue weighted by Crippen LogP contribution is -2.30. The predicted molar refractivity (Wildman–Crippen MR) is 143 cm³/mol. The zero-order chi connectivity index (χ0) is 26.2. The summed E-state index contributed by atoms with van der Waals surface area (Å²) in [5, 5.41) is 5.86. The van der Waals surface area contributed by atoms with Gasteiger partial charge in [-0.2, -0.15) is 0 Å². The van der Waals surface area contributed by atoms with E-state index in [0.717, 1.165) is 43.8 Å². The van der Waals surface area contributed by atoms with Gasteiger partial charge in [-0.3, -0.25) is 9.78 Å². The molecule has 1 saturated heterocycles. The van der Waals surface area contributed by atoms with E-state index in [-0.39, 0.29) is 11.6 Å². The number of halogens is 2. The van der Waals surface area contributed by atoms with Crippen molar-refractivity contribution >= 4 is 23.0 Å². The van der Waals surface area contributed by atoms with Gasteiger partial charge in [0.2, 0.25) is 0 Å². The number of benzene rings is 2. The molecule has 1 aromatic heterocycles. The number of nitrogens with zero attached hydrogens (tertiary/aromatic N) is 3. The molecule has 37 heavy (non-hydrogen) atoms. The summed E-state index contributed by atoms with van der Waals surface area (Å²) in [6.45, 7) is 8.55. The summed E-state index contributed by atoms with van der Waals surface area (Å²) in [5.74, 6) is -1.61. The van der Waals surface area contributed by atoms with Gasteiger partial charge in [-0.05, 0) is 74.8 Å². The second-order valence-electron chi connectivity index (χ2n) is 9.12. The Kier molecular flexibility index (Phi) is 8.68. The van der Waals surface area contributed by atoms with Gasteiger partial charge >= 0.3 is 0 Å². The number of carbonyl (C=O) groups is 1. The second-order valence-corrected chi connectivity index (χ2v) is 9.12. The Labute approximate surface area is 216 Å². The molecule has 0 radical (unpaired) electrons. The number of carbonyl (C=O) groups excluding carboxylic acids is 1. The van der Waals surface area contributed by atoms with Crippen LogP contribution in [0.15, 0.2) is 73.2 Å². The average Bonchev–Trinajstić information content (AvgIpc) is 3.41. The third kappa shape index (κ3) is 7.27. The summed E-state index contributed by atoms with van der Waals surface area (Å²) in [5.41, 5.74) is 8.48. The average molecular weight is 507 g/mol. The number of anilines is 3. The number of para-hydroxylation sites is 2. The van der Waals surface area contributed by atoms with E-state index in [1.165, 1.54) is 18.9 Å². The fraction of sp³-hybridized carbons (Fsp3) is 0.286. The van der Waals surface area contributed by atoms with E-state index in [0.29, 0.717) is 36.0 Å². The molecular weight excluding hydrogens is 474 g/mol. The molecule has 1 fully saturated rings. The third-order valence-corrected chi connectivity index (χ3v) is 6.33. The quantitative estimate of drug-likeness (QED) is 0.315. The van der Waals surface area contributed by atoms with Crippen LogP contribution in [0, 0.1) is 11.6 Å². The first-order valence-electron chi connectivity index (χ1n) is 12.4. The number of nitrogens with one attached hydrogen (secondary N) is 2. The van der Waals surface area contributed by atoms with E-state index in [2.05, 4.69) is 27.1 Å². The molecule has 0 spiro atoms. The minimum absolute atomic E-state index is 0.270. The van der Waals surface area contributed by atoms with E-state index < -0.39 is 11.6 Å². The number of nitrogen functional groups attached to an aromatic ring is 1. The van der Waals surface area contributed by atoms with E-state index >= 15 is 0 Å². The van der Waals surface area contributed by atoms with Crippen LogP contribution in [0.4, 0.5) is 25.8 Å². The number of hydrogen-bond acceptors (Lipinski definition) is 6. The molecular formula is C28H32F2N6O. The first kappa shape index (κ1) is 26.1. The maximum atomic E-state index is 13.7. The van der Waals surface area contributed by atoms with E-state index in [1.54, 1.807) is 36.5 Å². The number of rotatable bonds is 11. The maximum Gasteiger partial charge on any atom is 0.274 e. The van der Waals surface area contributed by atoms with E-state index in [4.69, 9.17) is 5.73 Å². The molecule has 194 valence electrons. The number of hydrogen-bond donors (Lipinski definition) is 3. The molecule has 0 atom stereocenters. The summed E-state index contributed by atoms with van der Waals surface area (Å²) in [6.07, 6.45) is 5.04. The van der Waals surface area contributed by atoms with Crippen molar-refractivity contribution in [3.8, 4) is 0 Å². The lowest BCUT2D eigenvalue weighted by atomic mass is 10.2. The summed E-state index contributed by atoms with van der Waals surface area (Å²) in [7, 11) is 0. The lowest BCUT2D eigenvalue weighted by molar-refractivity contribution is 0.102. The van der Waals surface area contributed by atoms with Gasteiger partial charge in [-0.25, -0.2) is 8.78 Å². The molecule has 2 heterocycles. The van der Waals surface area contributed by atoms with Gasteiger partial charge < -0.3 is 26.2 Å². The predicted octanol–water partition coefficient (Wildman–Crippen LogP) is 5.07. The molecule has 7 nitrogen and oxygen atoms in total. The van der Waals surface area contributed by atoms with Gasteiger partial charge in [-0.15, -0.1) is 0 Å². The zero-order valence-corrected chi connectivity index (χ0v) is 20.7. The van der Waals surface area contributed by atoms with Gasteiger partial charge in [0.1, 0.15) is 5.69 Å². The fourth-order valence-electron chi connectivity index (χ4n) is 4.29. The van der Waals surface area contributed by atoms with Gasteiger partial charge in [0.05, 0.1) is 17.2 Å². The number of pyridine rings is 1. The third-order valence-electron chi connectivity index (χ3n) is 6.33. The van der Waals surface area contributed by atoms with Crippen LogP contribution < -0.4 is 16.4 Å². The van der Waals surface area contributed by atoms with Crippen molar-refractivity contribution in [1.82, 2.24) is 14.8 Å². The SMILES string of the molecule is C=C(Nc1ccc(F)c(F)c1)N(CCCN1CCCC1)Cc1ccc(C(=O)Nc2ccccc2N)nc1. The standard InChI is InChI=1S/C28H32F2N6O/c1-20(33-22-10-11-23(29)24(30)17-22)36(16-6-15-35-13-4-5-14-35)19-21-9-12-27(32-18-21)28(37)34-26-8-3-2-7-25(26)31/h2-3,7-12,17-18,33H,1,4-6,13-16,19,31H2,(H,34,37). The molecule has 4 rings (SSSR count). The monoisotopic (exact) mass is 506 g/mol. The highest BCUT2D eigenvalue weighted by Gasteiger charge is 2.15. The highest BCUT2D eigenvalue weighted by atomic mass is 19.2. The van der Waals surface area contributed by atoms with E-state index in [9.17, 15) is 13.6 Å². The first-order chi connectivity index (χ1) is 17.9. The normalized spacial score (nSPS) is 13.4. The minimum atomic E-state index is -0.922. The maximum absolute atomic E-state index is 13.7. The van der Waals surface area contributed by atoms with Crippen LogP contribution in [0.3, 0.4) is 0 Å². The lowest BCUT2D eigenvalue weighted by Gasteiger charge is -2.28. The largest absolute Gasteiger partial charge is 0.397 e. The zero-order valence-electron chi connectivity index (χ0n) is 20.7. The number of nitrogens with two attached hydrogens (primary N) is 1. The molecule has 0 saturated carbocycles. The number of amides is 1. The number of aromatic nitrogens is 1. The Balaban J connectivity index is 1.41. The molecule has 2 aromatic carbocycles. The summed E-state index contributed by atoms with van der Waals surface area (Å²) < 4.78 is 27.1. The summed E-state index contributed by atoms with van der Waals surface area (Å²) >= 11 is 0. The molecule has 0 bridgehead atoms. The molecule has 4 N–H and O–H groups in total. The Morgan fingerprint density at radius 2 is 1.84 bits per heavy atom. The Morgan fingerprint density at radius 1 is 1.05 bits per heavy atom. The highest BCUT2D eigenvalue weighted by molar-refractivity contribution is 6.04. The van der Waals surface area contributed by atoms with Crippen molar-refractivity contribution in [2.24, 2.45) is 0 Å². The van der Waals surface area contributed by atoms with Crippen LogP contribution in [0.25, 0.3) is 0 Å². The van der Waals surface area contributed by atoms with Crippen LogP contribution in [0.5, 0.6) is 0 Å². The second kappa shape index (κ2) is 12.3. The summed E-state index contributed by atoms with van der Waals surface area (Å²) in [4.78, 5) is 21.4. The van der Waals surface area contributed by atoms with Crippen molar-refractivity contribution in [3.63, 3.8) is 0 Å². The van der Waals surface area contributed by atoms with E-state index in [1.807, 2.05) is 11.0 Å². The Morgan fingerprint density at radius 3 is 2.54 bits per heavy atom. The fourth-order valence-corrected chi connectivity index (χ4v) is 4.29. The smallest absolute Gasteiger partial charge is 0.274 e. The molecule has 0 aliphatic carbocycles. The topological polar surface area (TPSA) is 86.5 Å². The first-order valence-corrected chi connectivity index (χ1v) is 12.4. The Hall–Kier alpha value is -3.98. The summed E-state index contributed by atoms with van der Waals surface area (Å²) in [6, 6.07) is 14.2. The van der Waals surface area contributed by atoms with Gasteiger partial charge in [0.15, 0.2) is 11.6 Å². The molecule has 1 aliphatic heterocycles. The van der Waals surface area contributed by atoms with Gasteiger partial charge in [0, 0.05) is 31.0 Å². The molecule has 1 amide bonds. The van der Waals surface area contributed by atoms with Crippen molar-refractivity contribution in [2.45, 2.75) is 25.8 Å². The number of likely N-dealkylation sites (tertiary alicyclic amines) is 1. The van der Waals surface area contributed by atoms with Crippen LogP contribution in [-0.2, 0) is 6.54 Å². The van der Waals surface area contributed by atoms with Crippen LogP contribution in [-0.4, -0.2) is 46.9 Å². The van der Waals surface area contributed by atoms with Crippen LogP contribution >= 0.6 is 0 Å². The highest BCUT2D eigenvalue weighted by Crippen LogP contribution is 2.20.